The zero-order valence-electron chi connectivity index (χ0n) is 10.8. The monoisotopic (exact) mass is 249 g/mol. The Balaban J connectivity index is 1.95. The van der Waals surface area contributed by atoms with Gasteiger partial charge in [-0.1, -0.05) is 18.2 Å². The molecule has 2 unspecified atom stereocenters. The quantitative estimate of drug-likeness (QED) is 0.812. The molecule has 0 radical (unpaired) electrons. The third-order valence-electron chi connectivity index (χ3n) is 2.99. The van der Waals surface area contributed by atoms with Crippen LogP contribution in [0.25, 0.3) is 0 Å². The summed E-state index contributed by atoms with van der Waals surface area (Å²) in [5.74, 6) is -0.384. The molecule has 1 N–H and O–H groups in total. The van der Waals surface area contributed by atoms with E-state index in [1.165, 1.54) is 0 Å². The lowest BCUT2D eigenvalue weighted by atomic mass is 10.0. The van der Waals surface area contributed by atoms with Crippen molar-refractivity contribution in [2.45, 2.75) is 25.9 Å². The minimum atomic E-state index is -0.204. The highest BCUT2D eigenvalue weighted by Gasteiger charge is 2.30. The minimum absolute atomic E-state index is 0.181. The van der Waals surface area contributed by atoms with E-state index in [1.54, 1.807) is 0 Å². The van der Waals surface area contributed by atoms with Gasteiger partial charge in [0.25, 0.3) is 0 Å². The molecular formula is C14H19NO3. The second-order valence-corrected chi connectivity index (χ2v) is 4.43. The van der Waals surface area contributed by atoms with Gasteiger partial charge in [-0.15, -0.1) is 0 Å². The van der Waals surface area contributed by atoms with E-state index in [9.17, 15) is 4.79 Å². The molecule has 4 heteroatoms. The number of hydrogen-bond donors (Lipinski definition) is 1. The second kappa shape index (κ2) is 5.87. The maximum Gasteiger partial charge on any atom is 0.315 e. The van der Waals surface area contributed by atoms with Crippen LogP contribution in [0.1, 0.15) is 25.3 Å². The highest BCUT2D eigenvalue weighted by Crippen LogP contribution is 2.31. The molecule has 0 spiro atoms. The Morgan fingerprint density at radius 1 is 1.50 bits per heavy atom. The number of anilines is 1. The van der Waals surface area contributed by atoms with E-state index in [1.807, 2.05) is 38.1 Å². The molecule has 1 aromatic carbocycles. The molecular weight excluding hydrogens is 230 g/mol. The Bertz CT molecular complexity index is 419. The number of nitrogens with one attached hydrogen (secondary N) is 1. The van der Waals surface area contributed by atoms with Gasteiger partial charge in [0.2, 0.25) is 0 Å². The van der Waals surface area contributed by atoms with Gasteiger partial charge < -0.3 is 14.8 Å². The first-order valence-corrected chi connectivity index (χ1v) is 6.33. The van der Waals surface area contributed by atoms with Crippen molar-refractivity contribution in [2.24, 2.45) is 0 Å². The van der Waals surface area contributed by atoms with Crippen LogP contribution >= 0.6 is 0 Å². The molecule has 18 heavy (non-hydrogen) atoms. The van der Waals surface area contributed by atoms with E-state index in [0.29, 0.717) is 19.8 Å². The fourth-order valence-corrected chi connectivity index (χ4v) is 2.09. The number of carbonyl (C=O) groups is 1. The van der Waals surface area contributed by atoms with E-state index in [0.717, 1.165) is 11.3 Å². The van der Waals surface area contributed by atoms with Crippen molar-refractivity contribution in [1.29, 1.82) is 0 Å². The van der Waals surface area contributed by atoms with Crippen LogP contribution in [0.3, 0.4) is 0 Å². The summed E-state index contributed by atoms with van der Waals surface area (Å²) in [7, 11) is 0. The molecule has 1 aliphatic rings. The zero-order chi connectivity index (χ0) is 13.0. The summed E-state index contributed by atoms with van der Waals surface area (Å²) in [6.45, 7) is 5.47. The van der Waals surface area contributed by atoms with Crippen LogP contribution in [0.4, 0.5) is 5.69 Å². The number of fused-ring (bicyclic) bond motifs is 1. The summed E-state index contributed by atoms with van der Waals surface area (Å²) in [6.07, 6.45) is -0.204. The Labute approximate surface area is 107 Å². The Kier molecular flexibility index (Phi) is 4.20. The summed E-state index contributed by atoms with van der Waals surface area (Å²) < 4.78 is 10.6. The molecule has 1 aliphatic heterocycles. The molecule has 0 fully saturated rings. The first-order chi connectivity index (χ1) is 8.72. The van der Waals surface area contributed by atoms with Gasteiger partial charge in [0, 0.05) is 18.8 Å². The molecule has 98 valence electrons. The van der Waals surface area contributed by atoms with E-state index in [4.69, 9.17) is 9.47 Å². The molecule has 4 nitrogen and oxygen atoms in total. The van der Waals surface area contributed by atoms with Gasteiger partial charge in [-0.05, 0) is 25.5 Å². The second-order valence-electron chi connectivity index (χ2n) is 4.43. The van der Waals surface area contributed by atoms with Crippen LogP contribution in [-0.4, -0.2) is 31.8 Å². The summed E-state index contributed by atoms with van der Waals surface area (Å²) in [4.78, 5) is 12.1. The Morgan fingerprint density at radius 3 is 3.06 bits per heavy atom. The van der Waals surface area contributed by atoms with Crippen LogP contribution < -0.4 is 5.32 Å². The summed E-state index contributed by atoms with van der Waals surface area (Å²) in [6, 6.07) is 7.84. The van der Waals surface area contributed by atoms with Crippen LogP contribution in [0, 0.1) is 0 Å². The van der Waals surface area contributed by atoms with Gasteiger partial charge in [-0.3, -0.25) is 4.79 Å². The standard InChI is InChI=1S/C14H19NO3/c1-3-17-9-10(2)18-14(16)12-8-15-13-7-5-4-6-11(12)13/h4-7,10,12,15H,3,8-9H2,1-2H3. The third kappa shape index (κ3) is 2.82. The highest BCUT2D eigenvalue weighted by atomic mass is 16.6. The average molecular weight is 249 g/mol. The van der Waals surface area contributed by atoms with Crippen LogP contribution in [0.2, 0.25) is 0 Å². The third-order valence-corrected chi connectivity index (χ3v) is 2.99. The topological polar surface area (TPSA) is 47.6 Å². The Morgan fingerprint density at radius 2 is 2.28 bits per heavy atom. The van der Waals surface area contributed by atoms with Crippen molar-refractivity contribution in [2.75, 3.05) is 25.1 Å². The van der Waals surface area contributed by atoms with Crippen molar-refractivity contribution in [3.63, 3.8) is 0 Å². The predicted molar refractivity (Wildman–Crippen MR) is 69.7 cm³/mol. The predicted octanol–water partition coefficient (Wildman–Crippen LogP) is 2.16. The van der Waals surface area contributed by atoms with Crippen molar-refractivity contribution in [3.8, 4) is 0 Å². The first-order valence-electron chi connectivity index (χ1n) is 6.33. The van der Waals surface area contributed by atoms with Crippen molar-refractivity contribution in [1.82, 2.24) is 0 Å². The molecule has 2 rings (SSSR count). The van der Waals surface area contributed by atoms with Crippen LogP contribution in [-0.2, 0) is 14.3 Å². The highest BCUT2D eigenvalue weighted by molar-refractivity contribution is 5.83. The Hall–Kier alpha value is -1.55. The number of ether oxygens (including phenoxy) is 2. The fourth-order valence-electron chi connectivity index (χ4n) is 2.09. The molecule has 0 aliphatic carbocycles. The molecule has 2 atom stereocenters. The number of carbonyl (C=O) groups excluding carboxylic acids is 1. The number of esters is 1. The number of para-hydroxylation sites is 1. The molecule has 0 amide bonds. The smallest absolute Gasteiger partial charge is 0.315 e. The zero-order valence-corrected chi connectivity index (χ0v) is 10.8. The SMILES string of the molecule is CCOCC(C)OC(=O)C1CNc2ccccc21. The maximum absolute atomic E-state index is 12.1. The van der Waals surface area contributed by atoms with Crippen molar-refractivity contribution in [3.05, 3.63) is 29.8 Å². The molecule has 0 aromatic heterocycles. The van der Waals surface area contributed by atoms with Gasteiger partial charge in [0.15, 0.2) is 0 Å². The minimum Gasteiger partial charge on any atom is -0.460 e. The lowest BCUT2D eigenvalue weighted by Gasteiger charge is -2.16. The number of hydrogen-bond acceptors (Lipinski definition) is 4. The first kappa shape index (κ1) is 12.9. The van der Waals surface area contributed by atoms with E-state index < -0.39 is 0 Å². The van der Waals surface area contributed by atoms with E-state index >= 15 is 0 Å². The average Bonchev–Trinajstić information content (AvgIpc) is 2.80. The summed E-state index contributed by atoms with van der Waals surface area (Å²) in [5.41, 5.74) is 2.04. The molecule has 1 heterocycles. The van der Waals surface area contributed by atoms with Crippen molar-refractivity contribution < 1.29 is 14.3 Å². The summed E-state index contributed by atoms with van der Waals surface area (Å²) >= 11 is 0. The lowest BCUT2D eigenvalue weighted by Crippen LogP contribution is -2.25. The number of benzene rings is 1. The fraction of sp³-hybridized carbons (Fsp3) is 0.500. The van der Waals surface area contributed by atoms with E-state index in [2.05, 4.69) is 5.32 Å². The van der Waals surface area contributed by atoms with Gasteiger partial charge in [0.05, 0.1) is 6.61 Å². The van der Waals surface area contributed by atoms with Crippen molar-refractivity contribution >= 4 is 11.7 Å². The van der Waals surface area contributed by atoms with Gasteiger partial charge in [-0.25, -0.2) is 0 Å². The van der Waals surface area contributed by atoms with Gasteiger partial charge in [0.1, 0.15) is 12.0 Å². The largest absolute Gasteiger partial charge is 0.460 e. The lowest BCUT2D eigenvalue weighted by molar-refractivity contribution is -0.152. The maximum atomic E-state index is 12.1. The summed E-state index contributed by atoms with van der Waals surface area (Å²) in [5, 5.41) is 3.22. The van der Waals surface area contributed by atoms with Crippen LogP contribution in [0.15, 0.2) is 24.3 Å². The molecule has 0 saturated carbocycles. The van der Waals surface area contributed by atoms with E-state index in [-0.39, 0.29) is 18.0 Å². The number of rotatable bonds is 5. The van der Waals surface area contributed by atoms with Gasteiger partial charge in [-0.2, -0.15) is 0 Å². The molecule has 0 saturated heterocycles. The normalized spacial score (nSPS) is 18.9. The molecule has 1 aromatic rings. The van der Waals surface area contributed by atoms with Gasteiger partial charge >= 0.3 is 5.97 Å². The molecule has 0 bridgehead atoms. The van der Waals surface area contributed by atoms with Crippen LogP contribution in [0.5, 0.6) is 0 Å².